The zero-order valence-corrected chi connectivity index (χ0v) is 18.9. The zero-order chi connectivity index (χ0) is 24.7. The molecule has 2 aliphatic rings. The number of amides is 1. The minimum atomic E-state index is -4.79. The van der Waals surface area contributed by atoms with Crippen LogP contribution in [0.3, 0.4) is 0 Å². The SMILES string of the molecule is O=C(c1ccc(OC(F)(F)F)cc1)N1CCC(c2c(F)cnc3[nH]c4c(c23)[C@@H](CO)CCC4)CC1. The van der Waals surface area contributed by atoms with E-state index in [0.717, 1.165) is 48.0 Å². The highest BCUT2D eigenvalue weighted by atomic mass is 19.4. The lowest BCUT2D eigenvalue weighted by Crippen LogP contribution is -2.38. The molecule has 35 heavy (non-hydrogen) atoms. The van der Waals surface area contributed by atoms with Gasteiger partial charge in [0.2, 0.25) is 0 Å². The molecule has 3 heterocycles. The monoisotopic (exact) mass is 491 g/mol. The maximum absolute atomic E-state index is 15.1. The molecule has 6 nitrogen and oxygen atoms in total. The van der Waals surface area contributed by atoms with Gasteiger partial charge in [0.15, 0.2) is 0 Å². The normalized spacial score (nSPS) is 19.1. The number of likely N-dealkylation sites (tertiary alicyclic amines) is 1. The Balaban J connectivity index is 1.34. The summed E-state index contributed by atoms with van der Waals surface area (Å²) < 4.78 is 56.1. The van der Waals surface area contributed by atoms with E-state index in [0.29, 0.717) is 37.1 Å². The molecule has 10 heteroatoms. The van der Waals surface area contributed by atoms with Crippen molar-refractivity contribution in [2.75, 3.05) is 19.7 Å². The van der Waals surface area contributed by atoms with E-state index < -0.39 is 6.36 Å². The first-order valence-corrected chi connectivity index (χ1v) is 11.7. The van der Waals surface area contributed by atoms with Gasteiger partial charge < -0.3 is 19.7 Å². The average Bonchev–Trinajstić information content (AvgIpc) is 3.22. The summed E-state index contributed by atoms with van der Waals surface area (Å²) in [7, 11) is 0. The van der Waals surface area contributed by atoms with Gasteiger partial charge >= 0.3 is 6.36 Å². The second-order valence-electron chi connectivity index (χ2n) is 9.17. The molecular formula is C25H25F4N3O3. The average molecular weight is 491 g/mol. The maximum Gasteiger partial charge on any atom is 0.573 e. The molecule has 1 atom stereocenters. The van der Waals surface area contributed by atoms with Crippen molar-refractivity contribution >= 4 is 16.9 Å². The number of alkyl halides is 3. The van der Waals surface area contributed by atoms with Gasteiger partial charge in [-0.2, -0.15) is 0 Å². The van der Waals surface area contributed by atoms with Crippen molar-refractivity contribution in [1.82, 2.24) is 14.9 Å². The summed E-state index contributed by atoms with van der Waals surface area (Å²) >= 11 is 0. The topological polar surface area (TPSA) is 78.5 Å². The van der Waals surface area contributed by atoms with Crippen LogP contribution in [0.5, 0.6) is 5.75 Å². The Morgan fingerprint density at radius 1 is 1.14 bits per heavy atom. The van der Waals surface area contributed by atoms with E-state index in [2.05, 4.69) is 14.7 Å². The number of nitrogens with one attached hydrogen (secondary N) is 1. The van der Waals surface area contributed by atoms with E-state index in [9.17, 15) is 23.1 Å². The molecule has 2 aromatic heterocycles. The minimum Gasteiger partial charge on any atom is -0.406 e. The van der Waals surface area contributed by atoms with Crippen LogP contribution in [0.25, 0.3) is 11.0 Å². The predicted molar refractivity (Wildman–Crippen MR) is 120 cm³/mol. The number of pyridine rings is 1. The number of halogens is 4. The number of aliphatic hydroxyl groups excluding tert-OH is 1. The van der Waals surface area contributed by atoms with Crippen LogP contribution < -0.4 is 4.74 Å². The van der Waals surface area contributed by atoms with E-state index in [1.54, 1.807) is 4.90 Å². The fourth-order valence-electron chi connectivity index (χ4n) is 5.48. The van der Waals surface area contributed by atoms with Gasteiger partial charge in [-0.1, -0.05) is 0 Å². The number of benzene rings is 1. The smallest absolute Gasteiger partial charge is 0.406 e. The number of aromatic amines is 1. The maximum atomic E-state index is 15.1. The number of hydrogen-bond donors (Lipinski definition) is 2. The van der Waals surface area contributed by atoms with Crippen molar-refractivity contribution in [2.45, 2.75) is 50.3 Å². The van der Waals surface area contributed by atoms with Crippen LogP contribution in [-0.4, -0.2) is 51.9 Å². The number of hydrogen-bond acceptors (Lipinski definition) is 4. The fourth-order valence-corrected chi connectivity index (χ4v) is 5.48. The molecule has 0 radical (unpaired) electrons. The number of H-pyrrole nitrogens is 1. The van der Waals surface area contributed by atoms with Gasteiger partial charge in [0.25, 0.3) is 5.91 Å². The second kappa shape index (κ2) is 9.14. The molecule has 1 amide bonds. The first-order chi connectivity index (χ1) is 16.7. The van der Waals surface area contributed by atoms with E-state index >= 15 is 4.39 Å². The van der Waals surface area contributed by atoms with E-state index in [1.165, 1.54) is 18.3 Å². The molecule has 1 aliphatic heterocycles. The van der Waals surface area contributed by atoms with Crippen LogP contribution in [0.2, 0.25) is 0 Å². The molecule has 1 aliphatic carbocycles. The largest absolute Gasteiger partial charge is 0.573 e. The van der Waals surface area contributed by atoms with Crippen LogP contribution in [-0.2, 0) is 6.42 Å². The minimum absolute atomic E-state index is 0.00431. The number of aliphatic hydroxyl groups is 1. The molecule has 0 bridgehead atoms. The Kier molecular flexibility index (Phi) is 6.16. The van der Waals surface area contributed by atoms with Crippen molar-refractivity contribution in [3.8, 4) is 5.75 Å². The number of carbonyl (C=O) groups excluding carboxylic acids is 1. The molecule has 0 unspecified atom stereocenters. The fraction of sp³-hybridized carbons (Fsp3) is 0.440. The zero-order valence-electron chi connectivity index (χ0n) is 18.9. The Morgan fingerprint density at radius 3 is 2.51 bits per heavy atom. The van der Waals surface area contributed by atoms with Crippen molar-refractivity contribution in [1.29, 1.82) is 0 Å². The summed E-state index contributed by atoms with van der Waals surface area (Å²) in [6, 6.07) is 4.84. The second-order valence-corrected chi connectivity index (χ2v) is 9.17. The Morgan fingerprint density at radius 2 is 1.86 bits per heavy atom. The lowest BCUT2D eigenvalue weighted by molar-refractivity contribution is -0.274. The Bertz CT molecular complexity index is 1230. The van der Waals surface area contributed by atoms with Gasteiger partial charge in [-0.15, -0.1) is 13.2 Å². The highest BCUT2D eigenvalue weighted by Gasteiger charge is 2.33. The molecular weight excluding hydrogens is 466 g/mol. The molecule has 0 saturated carbocycles. The van der Waals surface area contributed by atoms with Gasteiger partial charge in [-0.3, -0.25) is 4.79 Å². The van der Waals surface area contributed by atoms with Crippen molar-refractivity contribution in [3.05, 3.63) is 58.7 Å². The summed E-state index contributed by atoms with van der Waals surface area (Å²) in [5.74, 6) is -1.23. The highest BCUT2D eigenvalue weighted by molar-refractivity contribution is 5.94. The van der Waals surface area contributed by atoms with Crippen LogP contribution in [0.4, 0.5) is 17.6 Å². The van der Waals surface area contributed by atoms with Crippen molar-refractivity contribution < 1.29 is 32.2 Å². The number of fused-ring (bicyclic) bond motifs is 3. The van der Waals surface area contributed by atoms with Gasteiger partial charge in [0.05, 0.1) is 12.8 Å². The molecule has 5 rings (SSSR count). The number of aryl methyl sites for hydroxylation is 1. The first kappa shape index (κ1) is 23.6. The van der Waals surface area contributed by atoms with E-state index in [1.807, 2.05) is 0 Å². The van der Waals surface area contributed by atoms with Gasteiger partial charge in [-0.25, -0.2) is 9.37 Å². The lowest BCUT2D eigenvalue weighted by atomic mass is 9.81. The molecule has 0 spiro atoms. The van der Waals surface area contributed by atoms with Crippen LogP contribution in [0, 0.1) is 5.82 Å². The molecule has 1 fully saturated rings. The van der Waals surface area contributed by atoms with Gasteiger partial charge in [0.1, 0.15) is 17.2 Å². The third-order valence-corrected chi connectivity index (χ3v) is 7.07. The Labute approximate surface area is 198 Å². The first-order valence-electron chi connectivity index (χ1n) is 11.7. The number of piperidine rings is 1. The van der Waals surface area contributed by atoms with Crippen molar-refractivity contribution in [2.24, 2.45) is 0 Å². The number of nitrogens with zero attached hydrogens (tertiary/aromatic N) is 2. The highest BCUT2D eigenvalue weighted by Crippen LogP contribution is 2.42. The standard InChI is InChI=1S/C25H25F4N3O3/c26-18-12-30-23-22(21-16(13-33)2-1-3-19(21)31-23)20(18)14-8-10-32(11-9-14)24(34)15-4-6-17(7-5-15)35-25(27,28)29/h4-7,12,14,16,33H,1-3,8-11,13H2,(H,30,31)/t16-/m1/s1. The molecule has 1 saturated heterocycles. The number of carbonyl (C=O) groups is 1. The third kappa shape index (κ3) is 4.59. The predicted octanol–water partition coefficient (Wildman–Crippen LogP) is 5.03. The van der Waals surface area contributed by atoms with E-state index in [-0.39, 0.29) is 41.5 Å². The molecule has 186 valence electrons. The van der Waals surface area contributed by atoms with Gasteiger partial charge in [0, 0.05) is 41.2 Å². The summed E-state index contributed by atoms with van der Waals surface area (Å²) in [4.78, 5) is 22.1. The summed E-state index contributed by atoms with van der Waals surface area (Å²) in [6.07, 6.45) is 0.149. The molecule has 2 N–H and O–H groups in total. The third-order valence-electron chi connectivity index (χ3n) is 7.07. The van der Waals surface area contributed by atoms with Gasteiger partial charge in [-0.05, 0) is 67.9 Å². The number of rotatable bonds is 4. The molecule has 3 aromatic rings. The Hall–Kier alpha value is -3.14. The summed E-state index contributed by atoms with van der Waals surface area (Å²) in [5, 5.41) is 10.7. The number of aromatic nitrogens is 2. The quantitative estimate of drug-likeness (QED) is 0.502. The number of ether oxygens (including phenoxy) is 1. The molecule has 1 aromatic carbocycles. The van der Waals surface area contributed by atoms with Crippen LogP contribution in [0.15, 0.2) is 30.5 Å². The summed E-state index contributed by atoms with van der Waals surface area (Å²) in [5.41, 5.74) is 3.46. The van der Waals surface area contributed by atoms with Crippen LogP contribution in [0.1, 0.15) is 64.7 Å². The lowest BCUT2D eigenvalue weighted by Gasteiger charge is -2.33. The van der Waals surface area contributed by atoms with Crippen molar-refractivity contribution in [3.63, 3.8) is 0 Å². The summed E-state index contributed by atoms with van der Waals surface area (Å²) in [6.45, 7) is 0.781. The van der Waals surface area contributed by atoms with E-state index in [4.69, 9.17) is 0 Å². The van der Waals surface area contributed by atoms with Crippen LogP contribution >= 0.6 is 0 Å².